The van der Waals surface area contributed by atoms with Crippen molar-refractivity contribution in [3.05, 3.63) is 88.6 Å². The topological polar surface area (TPSA) is 64.0 Å². The van der Waals surface area contributed by atoms with Crippen LogP contribution in [0.15, 0.2) is 60.7 Å². The van der Waals surface area contributed by atoms with E-state index >= 15 is 0 Å². The van der Waals surface area contributed by atoms with E-state index in [0.717, 1.165) is 38.8 Å². The Labute approximate surface area is 180 Å². The Bertz CT molecular complexity index is 1370. The van der Waals surface area contributed by atoms with Gasteiger partial charge in [0.2, 0.25) is 5.91 Å². The van der Waals surface area contributed by atoms with Gasteiger partial charge in [-0.2, -0.15) is 5.10 Å². The van der Waals surface area contributed by atoms with Crippen molar-refractivity contribution in [3.8, 4) is 5.69 Å². The number of carbonyl (C=O) groups excluding carboxylic acids is 2. The van der Waals surface area contributed by atoms with E-state index in [4.69, 9.17) is 5.10 Å². The first kappa shape index (κ1) is 19.2. The molecular weight excluding hydrogens is 386 g/mol. The molecule has 5 nitrogen and oxygen atoms in total. The molecule has 1 amide bonds. The predicted octanol–water partition coefficient (Wildman–Crippen LogP) is 5.26. The van der Waals surface area contributed by atoms with E-state index in [1.165, 1.54) is 0 Å². The number of hydrogen-bond donors (Lipinski definition) is 1. The van der Waals surface area contributed by atoms with Crippen LogP contribution in [0.4, 0.5) is 5.82 Å². The maximum atomic E-state index is 13.5. The van der Waals surface area contributed by atoms with Crippen LogP contribution in [0.3, 0.4) is 0 Å². The molecule has 4 aromatic rings. The maximum Gasteiger partial charge on any atom is 0.226 e. The molecule has 0 fully saturated rings. The molecule has 1 unspecified atom stereocenters. The normalized spacial score (nSPS) is 15.6. The molecule has 5 heteroatoms. The summed E-state index contributed by atoms with van der Waals surface area (Å²) in [5.74, 6) is -0.174. The van der Waals surface area contributed by atoms with Crippen molar-refractivity contribution in [3.63, 3.8) is 0 Å². The predicted molar refractivity (Wildman–Crippen MR) is 122 cm³/mol. The Hall–Kier alpha value is -3.73. The van der Waals surface area contributed by atoms with E-state index in [1.54, 1.807) is 4.68 Å². The summed E-state index contributed by atoms with van der Waals surface area (Å²) in [4.78, 5) is 26.2. The van der Waals surface area contributed by atoms with Gasteiger partial charge in [0, 0.05) is 17.5 Å². The van der Waals surface area contributed by atoms with Crippen LogP contribution < -0.4 is 5.32 Å². The molecule has 0 aliphatic carbocycles. The van der Waals surface area contributed by atoms with Crippen LogP contribution in [0.2, 0.25) is 0 Å². The number of nitrogens with one attached hydrogen (secondary N) is 1. The summed E-state index contributed by atoms with van der Waals surface area (Å²) in [6.45, 7) is 5.96. The lowest BCUT2D eigenvalue weighted by atomic mass is 9.85. The van der Waals surface area contributed by atoms with Gasteiger partial charge in [-0.05, 0) is 49.2 Å². The lowest BCUT2D eigenvalue weighted by Gasteiger charge is -2.23. The standard InChI is InChI=1S/C26H23N3O2/c1-15-8-11-22(16(2)12-15)29-26-24(17(3)28-29)21(14-23(30)27-26)25(31)20-10-9-18-6-4-5-7-19(18)13-20/h4-13,21H,14H2,1-3H3,(H,27,30). The number of ketones is 1. The summed E-state index contributed by atoms with van der Waals surface area (Å²) in [5.41, 5.74) is 5.29. The SMILES string of the molecule is Cc1ccc(-n2nc(C)c3c2NC(=O)CC3C(=O)c2ccc3ccccc3c2)c(C)c1. The fraction of sp³-hybridized carbons (Fsp3) is 0.192. The lowest BCUT2D eigenvalue weighted by Crippen LogP contribution is -2.28. The van der Waals surface area contributed by atoms with E-state index in [1.807, 2.05) is 75.4 Å². The minimum Gasteiger partial charge on any atom is -0.310 e. The highest BCUT2D eigenvalue weighted by Crippen LogP contribution is 2.39. The number of aromatic nitrogens is 2. The number of fused-ring (bicyclic) bond motifs is 2. The number of rotatable bonds is 3. The molecule has 31 heavy (non-hydrogen) atoms. The summed E-state index contributed by atoms with van der Waals surface area (Å²) in [6.07, 6.45) is 0.123. The third-order valence-corrected chi connectivity index (χ3v) is 6.03. The first-order valence-corrected chi connectivity index (χ1v) is 10.4. The van der Waals surface area contributed by atoms with Gasteiger partial charge in [-0.15, -0.1) is 0 Å². The summed E-state index contributed by atoms with van der Waals surface area (Å²) in [7, 11) is 0. The second-order valence-corrected chi connectivity index (χ2v) is 8.28. The van der Waals surface area contributed by atoms with Gasteiger partial charge in [0.15, 0.2) is 5.78 Å². The molecule has 0 spiro atoms. The van der Waals surface area contributed by atoms with Crippen LogP contribution in [0, 0.1) is 20.8 Å². The van der Waals surface area contributed by atoms with Crippen molar-refractivity contribution in [1.82, 2.24) is 9.78 Å². The molecule has 154 valence electrons. The largest absolute Gasteiger partial charge is 0.310 e. The molecular formula is C26H23N3O2. The summed E-state index contributed by atoms with van der Waals surface area (Å²) < 4.78 is 1.76. The number of aryl methyl sites for hydroxylation is 3. The number of benzene rings is 3. The van der Waals surface area contributed by atoms with Gasteiger partial charge in [-0.3, -0.25) is 9.59 Å². The second kappa shape index (κ2) is 7.20. The highest BCUT2D eigenvalue weighted by molar-refractivity contribution is 6.09. The fourth-order valence-electron chi connectivity index (χ4n) is 4.53. The van der Waals surface area contributed by atoms with Crippen molar-refractivity contribution in [2.75, 3.05) is 5.32 Å². The van der Waals surface area contributed by atoms with E-state index < -0.39 is 5.92 Å². The molecule has 1 N–H and O–H groups in total. The van der Waals surface area contributed by atoms with Crippen molar-refractivity contribution >= 4 is 28.3 Å². The van der Waals surface area contributed by atoms with Crippen molar-refractivity contribution in [2.45, 2.75) is 33.1 Å². The zero-order chi connectivity index (χ0) is 21.7. The first-order chi connectivity index (χ1) is 14.9. The molecule has 3 aromatic carbocycles. The molecule has 0 saturated heterocycles. The van der Waals surface area contributed by atoms with Crippen LogP contribution in [0.5, 0.6) is 0 Å². The van der Waals surface area contributed by atoms with Gasteiger partial charge in [0.1, 0.15) is 5.82 Å². The summed E-state index contributed by atoms with van der Waals surface area (Å²) in [5, 5.41) is 9.77. The van der Waals surface area contributed by atoms with E-state index in [0.29, 0.717) is 11.4 Å². The Kier molecular flexibility index (Phi) is 4.47. The van der Waals surface area contributed by atoms with Crippen LogP contribution in [-0.4, -0.2) is 21.5 Å². The highest BCUT2D eigenvalue weighted by Gasteiger charge is 2.36. The first-order valence-electron chi connectivity index (χ1n) is 10.4. The number of hydrogen-bond acceptors (Lipinski definition) is 3. The van der Waals surface area contributed by atoms with Crippen LogP contribution in [0.25, 0.3) is 16.5 Å². The minimum absolute atomic E-state index is 0.0508. The number of Topliss-reactive ketones (excluding diaryl/α,β-unsaturated/α-hetero) is 1. The third kappa shape index (κ3) is 3.22. The fourth-order valence-corrected chi connectivity index (χ4v) is 4.53. The van der Waals surface area contributed by atoms with Crippen LogP contribution in [-0.2, 0) is 4.79 Å². The van der Waals surface area contributed by atoms with Gasteiger partial charge >= 0.3 is 0 Å². The number of anilines is 1. The van der Waals surface area contributed by atoms with E-state index in [9.17, 15) is 9.59 Å². The molecule has 5 rings (SSSR count). The monoisotopic (exact) mass is 409 g/mol. The number of carbonyl (C=O) groups is 2. The van der Waals surface area contributed by atoms with Gasteiger partial charge in [0.25, 0.3) is 0 Å². The second-order valence-electron chi connectivity index (χ2n) is 8.28. The molecule has 1 aliphatic heterocycles. The molecule has 1 atom stereocenters. The zero-order valence-electron chi connectivity index (χ0n) is 17.8. The molecule has 0 bridgehead atoms. The maximum absolute atomic E-state index is 13.5. The smallest absolute Gasteiger partial charge is 0.226 e. The van der Waals surface area contributed by atoms with E-state index in [-0.39, 0.29) is 18.1 Å². The molecule has 1 aliphatic rings. The zero-order valence-corrected chi connectivity index (χ0v) is 17.8. The summed E-state index contributed by atoms with van der Waals surface area (Å²) in [6, 6.07) is 19.8. The molecule has 0 saturated carbocycles. The Morgan fingerprint density at radius 1 is 1.00 bits per heavy atom. The number of nitrogens with zero attached hydrogens (tertiary/aromatic N) is 2. The molecule has 2 heterocycles. The van der Waals surface area contributed by atoms with Crippen LogP contribution >= 0.6 is 0 Å². The number of amides is 1. The van der Waals surface area contributed by atoms with Crippen molar-refractivity contribution in [2.24, 2.45) is 0 Å². The van der Waals surface area contributed by atoms with Gasteiger partial charge in [-0.1, -0.05) is 54.1 Å². The van der Waals surface area contributed by atoms with Crippen LogP contribution in [0.1, 0.15) is 45.1 Å². The third-order valence-electron chi connectivity index (χ3n) is 6.03. The van der Waals surface area contributed by atoms with Crippen molar-refractivity contribution in [1.29, 1.82) is 0 Å². The van der Waals surface area contributed by atoms with E-state index in [2.05, 4.69) is 11.4 Å². The highest BCUT2D eigenvalue weighted by atomic mass is 16.2. The molecule has 0 radical (unpaired) electrons. The average Bonchev–Trinajstić information content (AvgIpc) is 3.08. The lowest BCUT2D eigenvalue weighted by molar-refractivity contribution is -0.116. The quantitative estimate of drug-likeness (QED) is 0.470. The Morgan fingerprint density at radius 3 is 2.55 bits per heavy atom. The van der Waals surface area contributed by atoms with Gasteiger partial charge in [-0.25, -0.2) is 4.68 Å². The van der Waals surface area contributed by atoms with Gasteiger partial charge < -0.3 is 5.32 Å². The average molecular weight is 409 g/mol. The van der Waals surface area contributed by atoms with Gasteiger partial charge in [0.05, 0.1) is 17.3 Å². The summed E-state index contributed by atoms with van der Waals surface area (Å²) >= 11 is 0. The Morgan fingerprint density at radius 2 is 1.77 bits per heavy atom. The van der Waals surface area contributed by atoms with Crippen molar-refractivity contribution < 1.29 is 9.59 Å². The Balaban J connectivity index is 1.62. The molecule has 1 aromatic heterocycles. The minimum atomic E-state index is -0.551.